The zero-order valence-corrected chi connectivity index (χ0v) is 12.4. The summed E-state index contributed by atoms with van der Waals surface area (Å²) >= 11 is 0. The highest BCUT2D eigenvalue weighted by Crippen LogP contribution is 2.34. The molecule has 0 amide bonds. The van der Waals surface area contributed by atoms with E-state index in [1.165, 1.54) is 0 Å². The molecule has 5 nitrogen and oxygen atoms in total. The molecule has 0 aromatic rings. The number of nitrogens with one attached hydrogen (secondary N) is 1. The minimum atomic E-state index is -0.775. The predicted molar refractivity (Wildman–Crippen MR) is 77.5 cm³/mol. The van der Waals surface area contributed by atoms with Crippen molar-refractivity contribution in [2.75, 3.05) is 27.2 Å². The molecule has 110 valence electrons. The standard InChI is InChI=1S/C13H27BN2O3/c1-14(19)8-4-5-11-6-9-15-13(11,12(17)18)7-10-16(2)3/h11,15,19H,4-10H2,1-3H3,(H,17,18). The van der Waals surface area contributed by atoms with Crippen LogP contribution in [-0.4, -0.2) is 60.6 Å². The largest absolute Gasteiger partial charge is 0.480 e. The fourth-order valence-electron chi connectivity index (χ4n) is 2.96. The van der Waals surface area contributed by atoms with Crippen molar-refractivity contribution in [2.24, 2.45) is 5.92 Å². The second kappa shape index (κ2) is 7.26. The van der Waals surface area contributed by atoms with E-state index in [0.717, 1.165) is 38.7 Å². The summed E-state index contributed by atoms with van der Waals surface area (Å²) in [6.07, 6.45) is 4.06. The van der Waals surface area contributed by atoms with Gasteiger partial charge in [-0.1, -0.05) is 13.2 Å². The fraction of sp³-hybridized carbons (Fsp3) is 0.923. The third kappa shape index (κ3) is 4.47. The first-order valence-corrected chi connectivity index (χ1v) is 7.19. The van der Waals surface area contributed by atoms with Crippen LogP contribution in [0.3, 0.4) is 0 Å². The predicted octanol–water partition coefficient (Wildman–Crippen LogP) is 0.765. The van der Waals surface area contributed by atoms with Gasteiger partial charge in [-0.05, 0) is 58.7 Å². The van der Waals surface area contributed by atoms with Crippen molar-refractivity contribution in [3.63, 3.8) is 0 Å². The molecular weight excluding hydrogens is 243 g/mol. The van der Waals surface area contributed by atoms with E-state index in [-0.39, 0.29) is 12.8 Å². The molecule has 1 heterocycles. The molecule has 1 saturated heterocycles. The normalized spacial score (nSPS) is 26.9. The molecule has 0 bridgehead atoms. The Morgan fingerprint density at radius 3 is 2.74 bits per heavy atom. The number of nitrogens with zero attached hydrogens (tertiary/aromatic N) is 1. The molecule has 0 aromatic carbocycles. The SMILES string of the molecule is CB(O)CCCC1CCNC1(CCN(C)C)C(=O)O. The van der Waals surface area contributed by atoms with Crippen LogP contribution < -0.4 is 5.32 Å². The van der Waals surface area contributed by atoms with Crippen LogP contribution in [0.15, 0.2) is 0 Å². The molecule has 1 aliphatic rings. The van der Waals surface area contributed by atoms with Crippen molar-refractivity contribution < 1.29 is 14.9 Å². The van der Waals surface area contributed by atoms with Crippen LogP contribution in [0.1, 0.15) is 25.7 Å². The summed E-state index contributed by atoms with van der Waals surface area (Å²) in [6, 6.07) is 0. The lowest BCUT2D eigenvalue weighted by molar-refractivity contribution is -0.146. The Bertz CT molecular complexity index is 300. The van der Waals surface area contributed by atoms with E-state index in [4.69, 9.17) is 0 Å². The molecule has 19 heavy (non-hydrogen) atoms. The van der Waals surface area contributed by atoms with Gasteiger partial charge in [-0.2, -0.15) is 0 Å². The number of rotatable bonds is 8. The van der Waals surface area contributed by atoms with Crippen molar-refractivity contribution in [1.29, 1.82) is 0 Å². The van der Waals surface area contributed by atoms with Gasteiger partial charge in [0.25, 0.3) is 6.92 Å². The lowest BCUT2D eigenvalue weighted by atomic mass is 9.66. The highest BCUT2D eigenvalue weighted by Gasteiger charge is 2.48. The third-order valence-electron chi connectivity index (χ3n) is 4.14. The molecular formula is C13H27BN2O3. The maximum atomic E-state index is 11.7. The minimum absolute atomic E-state index is 0.170. The van der Waals surface area contributed by atoms with Crippen molar-refractivity contribution in [2.45, 2.75) is 44.4 Å². The number of carbonyl (C=O) groups is 1. The molecule has 6 heteroatoms. The van der Waals surface area contributed by atoms with Gasteiger partial charge in [-0.25, -0.2) is 0 Å². The van der Waals surface area contributed by atoms with Gasteiger partial charge in [0.15, 0.2) is 0 Å². The van der Waals surface area contributed by atoms with Gasteiger partial charge in [-0.15, -0.1) is 0 Å². The molecule has 3 N–H and O–H groups in total. The van der Waals surface area contributed by atoms with Gasteiger partial charge in [0.05, 0.1) is 0 Å². The number of hydrogen-bond acceptors (Lipinski definition) is 4. The van der Waals surface area contributed by atoms with Crippen LogP contribution in [0.5, 0.6) is 0 Å². The van der Waals surface area contributed by atoms with E-state index >= 15 is 0 Å². The van der Waals surface area contributed by atoms with E-state index in [0.29, 0.717) is 6.42 Å². The summed E-state index contributed by atoms with van der Waals surface area (Å²) in [5.41, 5.74) is -0.775. The van der Waals surface area contributed by atoms with Gasteiger partial charge >= 0.3 is 5.97 Å². The van der Waals surface area contributed by atoms with Crippen LogP contribution in [0.4, 0.5) is 0 Å². The molecule has 1 fully saturated rings. The van der Waals surface area contributed by atoms with E-state index in [2.05, 4.69) is 5.32 Å². The summed E-state index contributed by atoms with van der Waals surface area (Å²) in [6.45, 7) is 3.03. The maximum Gasteiger partial charge on any atom is 0.324 e. The Labute approximate surface area is 116 Å². The molecule has 2 unspecified atom stereocenters. The Morgan fingerprint density at radius 2 is 2.21 bits per heavy atom. The molecule has 0 radical (unpaired) electrons. The van der Waals surface area contributed by atoms with Crippen LogP contribution in [0, 0.1) is 5.92 Å². The van der Waals surface area contributed by atoms with Gasteiger partial charge in [0, 0.05) is 0 Å². The Balaban J connectivity index is 2.63. The average molecular weight is 270 g/mol. The molecule has 0 aromatic heterocycles. The first kappa shape index (κ1) is 16.5. The van der Waals surface area contributed by atoms with Gasteiger partial charge < -0.3 is 20.3 Å². The van der Waals surface area contributed by atoms with Gasteiger partial charge in [0.2, 0.25) is 0 Å². The third-order valence-corrected chi connectivity index (χ3v) is 4.14. The molecule has 2 atom stereocenters. The second-order valence-corrected chi connectivity index (χ2v) is 6.02. The average Bonchev–Trinajstić information content (AvgIpc) is 2.70. The summed E-state index contributed by atoms with van der Waals surface area (Å²) in [5, 5.41) is 22.2. The topological polar surface area (TPSA) is 72.8 Å². The van der Waals surface area contributed by atoms with Crippen molar-refractivity contribution in [1.82, 2.24) is 10.2 Å². The Kier molecular flexibility index (Phi) is 6.30. The number of carboxylic acid groups (broad SMARTS) is 1. The Hall–Kier alpha value is -0.585. The second-order valence-electron chi connectivity index (χ2n) is 6.02. The van der Waals surface area contributed by atoms with E-state index in [1.54, 1.807) is 6.82 Å². The van der Waals surface area contributed by atoms with Crippen LogP contribution >= 0.6 is 0 Å². The van der Waals surface area contributed by atoms with Gasteiger partial charge in [-0.3, -0.25) is 4.79 Å². The molecule has 1 aliphatic heterocycles. The highest BCUT2D eigenvalue weighted by molar-refractivity contribution is 6.48. The number of aliphatic carboxylic acids is 1. The van der Waals surface area contributed by atoms with Crippen LogP contribution in [-0.2, 0) is 4.79 Å². The maximum absolute atomic E-state index is 11.7. The lowest BCUT2D eigenvalue weighted by Crippen LogP contribution is -2.53. The quantitative estimate of drug-likeness (QED) is 0.568. The summed E-state index contributed by atoms with van der Waals surface area (Å²) in [7, 11) is 3.93. The van der Waals surface area contributed by atoms with Crippen molar-refractivity contribution in [3.05, 3.63) is 0 Å². The summed E-state index contributed by atoms with van der Waals surface area (Å²) in [4.78, 5) is 13.7. The van der Waals surface area contributed by atoms with Gasteiger partial charge in [0.1, 0.15) is 5.54 Å². The smallest absolute Gasteiger partial charge is 0.324 e. The molecule has 0 aliphatic carbocycles. The lowest BCUT2D eigenvalue weighted by Gasteiger charge is -2.32. The zero-order valence-electron chi connectivity index (χ0n) is 12.4. The van der Waals surface area contributed by atoms with E-state index in [9.17, 15) is 14.9 Å². The molecule has 1 rings (SSSR count). The number of hydrogen-bond donors (Lipinski definition) is 3. The molecule has 0 saturated carbocycles. The highest BCUT2D eigenvalue weighted by atomic mass is 16.4. The van der Waals surface area contributed by atoms with Crippen LogP contribution in [0.2, 0.25) is 13.1 Å². The zero-order chi connectivity index (χ0) is 14.5. The summed E-state index contributed by atoms with van der Waals surface area (Å²) in [5.74, 6) is -0.558. The van der Waals surface area contributed by atoms with Crippen LogP contribution in [0.25, 0.3) is 0 Å². The van der Waals surface area contributed by atoms with Crippen molar-refractivity contribution in [3.8, 4) is 0 Å². The minimum Gasteiger partial charge on any atom is -0.480 e. The molecule has 0 spiro atoms. The monoisotopic (exact) mass is 270 g/mol. The fourth-order valence-corrected chi connectivity index (χ4v) is 2.96. The summed E-state index contributed by atoms with van der Waals surface area (Å²) < 4.78 is 0. The Morgan fingerprint density at radius 1 is 1.53 bits per heavy atom. The number of carboxylic acids is 1. The first-order chi connectivity index (χ1) is 8.88. The van der Waals surface area contributed by atoms with E-state index in [1.807, 2.05) is 19.0 Å². The van der Waals surface area contributed by atoms with Crippen molar-refractivity contribution >= 4 is 12.9 Å². The first-order valence-electron chi connectivity index (χ1n) is 7.19. The van der Waals surface area contributed by atoms with E-state index < -0.39 is 11.5 Å².